The van der Waals surface area contributed by atoms with Crippen molar-refractivity contribution in [3.05, 3.63) is 30.3 Å². The van der Waals surface area contributed by atoms with E-state index in [0.29, 0.717) is 6.73 Å². The molecule has 94 valence electrons. The fraction of sp³-hybridized carbons (Fsp3) is 0.429. The number of rotatable bonds is 5. The molecule has 0 aliphatic rings. The van der Waals surface area contributed by atoms with Gasteiger partial charge in [-0.05, 0) is 29.2 Å². The summed E-state index contributed by atoms with van der Waals surface area (Å²) in [6, 6.07) is 11.4. The SMILES string of the molecule is [B]c1cc2ccccc2n1COCC[Si](C)(C)C. The summed E-state index contributed by atoms with van der Waals surface area (Å²) in [6.45, 7) is 8.44. The van der Waals surface area contributed by atoms with Crippen LogP contribution in [0.3, 0.4) is 0 Å². The minimum absolute atomic E-state index is 0.545. The first kappa shape index (κ1) is 13.4. The van der Waals surface area contributed by atoms with Crippen molar-refractivity contribution in [1.82, 2.24) is 4.57 Å². The molecule has 18 heavy (non-hydrogen) atoms. The predicted octanol–water partition coefficient (Wildman–Crippen LogP) is 2.75. The van der Waals surface area contributed by atoms with Gasteiger partial charge in [0.25, 0.3) is 0 Å². The smallest absolute Gasteiger partial charge is 0.138 e. The maximum atomic E-state index is 6.01. The lowest BCUT2D eigenvalue weighted by molar-refractivity contribution is 0.0921. The predicted molar refractivity (Wildman–Crippen MR) is 81.4 cm³/mol. The van der Waals surface area contributed by atoms with Gasteiger partial charge in [0.15, 0.2) is 0 Å². The van der Waals surface area contributed by atoms with Crippen molar-refractivity contribution in [2.24, 2.45) is 0 Å². The Labute approximate surface area is 111 Å². The lowest BCUT2D eigenvalue weighted by Gasteiger charge is -2.16. The monoisotopic (exact) mass is 257 g/mol. The molecule has 0 spiro atoms. The molecule has 0 saturated heterocycles. The van der Waals surface area contributed by atoms with E-state index in [1.165, 1.54) is 11.4 Å². The molecule has 2 radical (unpaired) electrons. The van der Waals surface area contributed by atoms with Gasteiger partial charge < -0.3 is 9.30 Å². The van der Waals surface area contributed by atoms with E-state index < -0.39 is 8.07 Å². The minimum Gasteiger partial charge on any atom is -0.361 e. The summed E-state index contributed by atoms with van der Waals surface area (Å²) >= 11 is 0. The molecule has 0 N–H and O–H groups in total. The number of hydrogen-bond donors (Lipinski definition) is 0. The molecule has 0 amide bonds. The van der Waals surface area contributed by atoms with E-state index in [9.17, 15) is 0 Å². The number of ether oxygens (including phenoxy) is 1. The molecule has 2 aromatic rings. The van der Waals surface area contributed by atoms with Gasteiger partial charge in [-0.3, -0.25) is 0 Å². The Bertz CT molecular complexity index is 530. The van der Waals surface area contributed by atoms with Crippen molar-refractivity contribution in [3.63, 3.8) is 0 Å². The van der Waals surface area contributed by atoms with Crippen LogP contribution in [0.25, 0.3) is 10.9 Å². The van der Waals surface area contributed by atoms with Crippen molar-refractivity contribution < 1.29 is 4.74 Å². The molecule has 0 aliphatic carbocycles. The van der Waals surface area contributed by atoms with Gasteiger partial charge in [0, 0.05) is 20.2 Å². The van der Waals surface area contributed by atoms with Crippen LogP contribution in [0, 0.1) is 0 Å². The topological polar surface area (TPSA) is 14.2 Å². The third-order valence-corrected chi connectivity index (χ3v) is 4.76. The van der Waals surface area contributed by atoms with Gasteiger partial charge in [0.2, 0.25) is 0 Å². The Morgan fingerprint density at radius 1 is 1.22 bits per heavy atom. The van der Waals surface area contributed by atoms with Crippen LogP contribution in [-0.2, 0) is 11.5 Å². The Morgan fingerprint density at radius 3 is 2.67 bits per heavy atom. The van der Waals surface area contributed by atoms with Crippen LogP contribution in [0.15, 0.2) is 30.3 Å². The Balaban J connectivity index is 2.01. The summed E-state index contributed by atoms with van der Waals surface area (Å²) in [5.74, 6) is 0. The average molecular weight is 257 g/mol. The molecule has 2 rings (SSSR count). The highest BCUT2D eigenvalue weighted by Crippen LogP contribution is 2.14. The molecule has 0 fully saturated rings. The van der Waals surface area contributed by atoms with E-state index in [1.807, 2.05) is 22.8 Å². The number of nitrogens with zero attached hydrogens (tertiary/aromatic N) is 1. The number of para-hydroxylation sites is 1. The Kier molecular flexibility index (Phi) is 3.98. The van der Waals surface area contributed by atoms with Crippen LogP contribution in [0.4, 0.5) is 0 Å². The summed E-state index contributed by atoms with van der Waals surface area (Å²) in [5.41, 5.74) is 1.91. The molecule has 1 heterocycles. The standard InChI is InChI=1S/C14H20BNOSi/c1-18(2,3)9-8-17-11-16-13-7-5-4-6-12(13)10-14(16)15/h4-7,10H,8-9,11H2,1-3H3. The third-order valence-electron chi connectivity index (χ3n) is 3.06. The molecule has 0 atom stereocenters. The van der Waals surface area contributed by atoms with Crippen molar-refractivity contribution in [1.29, 1.82) is 0 Å². The van der Waals surface area contributed by atoms with Crippen LogP contribution in [0.2, 0.25) is 25.7 Å². The second kappa shape index (κ2) is 5.33. The molecular formula is C14H20BNOSi. The number of benzene rings is 1. The van der Waals surface area contributed by atoms with E-state index in [4.69, 9.17) is 12.6 Å². The van der Waals surface area contributed by atoms with E-state index >= 15 is 0 Å². The van der Waals surface area contributed by atoms with Gasteiger partial charge in [-0.15, -0.1) is 0 Å². The van der Waals surface area contributed by atoms with E-state index in [1.54, 1.807) is 0 Å². The fourth-order valence-corrected chi connectivity index (χ4v) is 2.67. The van der Waals surface area contributed by atoms with E-state index in [2.05, 4.69) is 31.8 Å². The Morgan fingerprint density at radius 2 is 1.94 bits per heavy atom. The zero-order chi connectivity index (χ0) is 13.2. The van der Waals surface area contributed by atoms with Crippen LogP contribution in [0.1, 0.15) is 0 Å². The second-order valence-electron chi connectivity index (χ2n) is 5.90. The fourth-order valence-electron chi connectivity index (χ4n) is 1.91. The number of fused-ring (bicyclic) bond motifs is 1. The summed E-state index contributed by atoms with van der Waals surface area (Å²) in [7, 11) is 5.00. The number of hydrogen-bond acceptors (Lipinski definition) is 1. The van der Waals surface area contributed by atoms with Crippen LogP contribution in [0.5, 0.6) is 0 Å². The van der Waals surface area contributed by atoms with Crippen molar-refractivity contribution >= 4 is 32.4 Å². The van der Waals surface area contributed by atoms with Crippen molar-refractivity contribution in [2.45, 2.75) is 32.4 Å². The Hall–Kier alpha value is -0.998. The van der Waals surface area contributed by atoms with Gasteiger partial charge >= 0.3 is 0 Å². The highest BCUT2D eigenvalue weighted by molar-refractivity contribution is 6.76. The molecule has 0 bridgehead atoms. The number of aromatic nitrogens is 1. The van der Waals surface area contributed by atoms with Gasteiger partial charge in [0.1, 0.15) is 14.6 Å². The maximum Gasteiger partial charge on any atom is 0.138 e. The van der Waals surface area contributed by atoms with Crippen LogP contribution >= 0.6 is 0 Å². The molecule has 4 heteroatoms. The maximum absolute atomic E-state index is 6.01. The van der Waals surface area contributed by atoms with Gasteiger partial charge in [-0.2, -0.15) is 0 Å². The summed E-state index contributed by atoms with van der Waals surface area (Å²) in [4.78, 5) is 0. The molecule has 0 aliphatic heterocycles. The molecular weight excluding hydrogens is 237 g/mol. The third kappa shape index (κ3) is 3.27. The van der Waals surface area contributed by atoms with Crippen molar-refractivity contribution in [2.75, 3.05) is 6.61 Å². The second-order valence-corrected chi connectivity index (χ2v) is 11.5. The summed E-state index contributed by atoms with van der Waals surface area (Å²) in [5, 5.41) is 1.17. The largest absolute Gasteiger partial charge is 0.361 e. The zero-order valence-electron chi connectivity index (χ0n) is 11.4. The van der Waals surface area contributed by atoms with Gasteiger partial charge in [-0.1, -0.05) is 37.8 Å². The van der Waals surface area contributed by atoms with E-state index in [-0.39, 0.29) is 0 Å². The van der Waals surface area contributed by atoms with Crippen LogP contribution < -0.4 is 5.59 Å². The molecule has 1 aromatic carbocycles. The minimum atomic E-state index is -1.01. The first-order valence-electron chi connectivity index (χ1n) is 6.39. The first-order valence-corrected chi connectivity index (χ1v) is 10.1. The highest BCUT2D eigenvalue weighted by atomic mass is 28.3. The molecule has 2 nitrogen and oxygen atoms in total. The normalized spacial score (nSPS) is 12.2. The lowest BCUT2D eigenvalue weighted by Crippen LogP contribution is -2.23. The lowest BCUT2D eigenvalue weighted by atomic mass is 10.1. The average Bonchev–Trinajstić information content (AvgIpc) is 2.59. The summed E-state index contributed by atoms with van der Waals surface area (Å²) < 4.78 is 7.79. The molecule has 1 aromatic heterocycles. The van der Waals surface area contributed by atoms with E-state index in [0.717, 1.165) is 17.7 Å². The van der Waals surface area contributed by atoms with Crippen molar-refractivity contribution in [3.8, 4) is 0 Å². The molecule has 0 saturated carbocycles. The summed E-state index contributed by atoms with van der Waals surface area (Å²) in [6.07, 6.45) is 0. The highest BCUT2D eigenvalue weighted by Gasteiger charge is 2.12. The van der Waals surface area contributed by atoms with Gasteiger partial charge in [0.05, 0.1) is 0 Å². The van der Waals surface area contributed by atoms with Crippen LogP contribution in [-0.4, -0.2) is 27.1 Å². The zero-order valence-corrected chi connectivity index (χ0v) is 12.4. The quantitative estimate of drug-likeness (QED) is 0.593. The van der Waals surface area contributed by atoms with Gasteiger partial charge in [-0.25, -0.2) is 0 Å². The first-order chi connectivity index (χ1) is 8.47. The molecule has 0 unspecified atom stereocenters.